The van der Waals surface area contributed by atoms with Gasteiger partial charge in [-0.1, -0.05) is 49.4 Å². The van der Waals surface area contributed by atoms with Crippen molar-refractivity contribution in [1.82, 2.24) is 20.5 Å². The Kier molecular flexibility index (Phi) is 5.64. The molecule has 1 atom stereocenters. The minimum atomic E-state index is 0.120. The normalized spacial score (nSPS) is 18.3. The minimum absolute atomic E-state index is 0.120. The molecule has 2 aliphatic rings. The second-order valence-electron chi connectivity index (χ2n) is 7.55. The minimum Gasteiger partial charge on any atom is -0.481 e. The zero-order valence-corrected chi connectivity index (χ0v) is 17.7. The van der Waals surface area contributed by atoms with Gasteiger partial charge in [-0.25, -0.2) is 0 Å². The van der Waals surface area contributed by atoms with Gasteiger partial charge in [-0.05, 0) is 36.1 Å². The van der Waals surface area contributed by atoms with E-state index in [0.717, 1.165) is 42.1 Å². The molecule has 2 aromatic carbocycles. The highest BCUT2D eigenvalue weighted by Gasteiger charge is 2.36. The van der Waals surface area contributed by atoms with Gasteiger partial charge < -0.3 is 9.64 Å². The van der Waals surface area contributed by atoms with Crippen molar-refractivity contribution >= 4 is 0 Å². The Morgan fingerprint density at radius 2 is 1.87 bits per heavy atom. The van der Waals surface area contributed by atoms with Crippen LogP contribution in [0.5, 0.6) is 0 Å². The molecule has 2 heterocycles. The predicted octanol–water partition coefficient (Wildman–Crippen LogP) is 4.16. The fourth-order valence-corrected chi connectivity index (χ4v) is 4.02. The van der Waals surface area contributed by atoms with Crippen LogP contribution in [0.4, 0.5) is 0 Å². The first kappa shape index (κ1) is 19.9. The van der Waals surface area contributed by atoms with E-state index in [4.69, 9.17) is 4.74 Å². The summed E-state index contributed by atoms with van der Waals surface area (Å²) in [5, 5.41) is 13.6. The Bertz CT molecular complexity index is 1010. The molecule has 6 heteroatoms. The van der Waals surface area contributed by atoms with Crippen LogP contribution in [0.1, 0.15) is 31.4 Å². The quantitative estimate of drug-likeness (QED) is 0.784. The summed E-state index contributed by atoms with van der Waals surface area (Å²) in [6, 6.07) is 18.5. The molecule has 0 amide bonds. The highest BCUT2D eigenvalue weighted by atomic mass is 16.5. The molecule has 30 heavy (non-hydrogen) atoms. The molecule has 0 radical (unpaired) electrons. The lowest BCUT2D eigenvalue weighted by Crippen LogP contribution is -2.59. The number of fused-ring (bicyclic) bond motifs is 1. The van der Waals surface area contributed by atoms with Crippen LogP contribution >= 0.6 is 0 Å². The van der Waals surface area contributed by atoms with Crippen LogP contribution in [0.3, 0.4) is 0 Å². The highest BCUT2D eigenvalue weighted by Crippen LogP contribution is 2.29. The first-order valence-corrected chi connectivity index (χ1v) is 10.3. The van der Waals surface area contributed by atoms with E-state index in [2.05, 4.69) is 70.8 Å². The predicted molar refractivity (Wildman–Crippen MR) is 117 cm³/mol. The maximum atomic E-state index is 9.39. The SMILES string of the molecule is CCCN1C=C(C)N2C=C(OC)NN2C1Cc1ccc(-c2ccccc2C#N)cc1. The van der Waals surface area contributed by atoms with E-state index in [1.165, 1.54) is 5.56 Å². The Morgan fingerprint density at radius 3 is 2.57 bits per heavy atom. The first-order chi connectivity index (χ1) is 14.6. The maximum absolute atomic E-state index is 9.39. The molecule has 0 spiro atoms. The second-order valence-corrected chi connectivity index (χ2v) is 7.55. The summed E-state index contributed by atoms with van der Waals surface area (Å²) < 4.78 is 5.43. The van der Waals surface area contributed by atoms with Gasteiger partial charge in [-0.2, -0.15) is 5.26 Å². The van der Waals surface area contributed by atoms with Crippen LogP contribution < -0.4 is 5.43 Å². The number of rotatable bonds is 6. The van der Waals surface area contributed by atoms with Crippen LogP contribution in [0.15, 0.2) is 72.5 Å². The van der Waals surface area contributed by atoms with E-state index in [-0.39, 0.29) is 6.17 Å². The van der Waals surface area contributed by atoms with E-state index < -0.39 is 0 Å². The molecular weight excluding hydrogens is 374 g/mol. The third-order valence-corrected chi connectivity index (χ3v) is 5.51. The van der Waals surface area contributed by atoms with E-state index >= 15 is 0 Å². The van der Waals surface area contributed by atoms with E-state index in [0.29, 0.717) is 5.56 Å². The number of nitriles is 1. The lowest BCUT2D eigenvalue weighted by molar-refractivity contribution is -0.0917. The molecule has 0 bridgehead atoms. The van der Waals surface area contributed by atoms with Gasteiger partial charge in [0.05, 0.1) is 24.9 Å². The van der Waals surface area contributed by atoms with Crippen molar-refractivity contribution in [3.05, 3.63) is 83.6 Å². The molecule has 2 aliphatic heterocycles. The number of benzene rings is 2. The summed E-state index contributed by atoms with van der Waals surface area (Å²) in [6.45, 7) is 5.28. The van der Waals surface area contributed by atoms with Crippen molar-refractivity contribution in [3.8, 4) is 17.2 Å². The van der Waals surface area contributed by atoms with Crippen LogP contribution in [0.25, 0.3) is 11.1 Å². The van der Waals surface area contributed by atoms with Crippen LogP contribution in [-0.2, 0) is 11.2 Å². The zero-order chi connectivity index (χ0) is 21.1. The number of ether oxygens (including phenoxy) is 1. The largest absolute Gasteiger partial charge is 0.481 e. The number of hydrogen-bond acceptors (Lipinski definition) is 6. The summed E-state index contributed by atoms with van der Waals surface area (Å²) in [4.78, 5) is 2.38. The topological polar surface area (TPSA) is 54.8 Å². The molecule has 0 aliphatic carbocycles. The van der Waals surface area contributed by atoms with Crippen molar-refractivity contribution in [2.75, 3.05) is 13.7 Å². The monoisotopic (exact) mass is 401 g/mol. The fourth-order valence-electron chi connectivity index (χ4n) is 4.02. The molecule has 0 fully saturated rings. The highest BCUT2D eigenvalue weighted by molar-refractivity contribution is 5.70. The lowest BCUT2D eigenvalue weighted by atomic mass is 9.98. The lowest BCUT2D eigenvalue weighted by Gasteiger charge is -2.45. The number of hydrazine groups is 2. The summed E-state index contributed by atoms with van der Waals surface area (Å²) in [5.41, 5.74) is 8.47. The summed E-state index contributed by atoms with van der Waals surface area (Å²) in [6.07, 6.45) is 6.24. The van der Waals surface area contributed by atoms with Gasteiger partial charge in [0, 0.05) is 24.9 Å². The maximum Gasteiger partial charge on any atom is 0.221 e. The molecule has 0 saturated carbocycles. The Morgan fingerprint density at radius 1 is 1.10 bits per heavy atom. The average Bonchev–Trinajstić information content (AvgIpc) is 3.22. The summed E-state index contributed by atoms with van der Waals surface area (Å²) in [5.74, 6) is 0.731. The van der Waals surface area contributed by atoms with Gasteiger partial charge in [0.15, 0.2) is 0 Å². The van der Waals surface area contributed by atoms with Gasteiger partial charge in [0.2, 0.25) is 5.88 Å². The van der Waals surface area contributed by atoms with Gasteiger partial charge in [-0.15, -0.1) is 5.12 Å². The molecule has 4 rings (SSSR count). The number of nitrogens with zero attached hydrogens (tertiary/aromatic N) is 4. The molecule has 0 aromatic heterocycles. The molecular formula is C24H27N5O. The van der Waals surface area contributed by atoms with Gasteiger partial charge >= 0.3 is 0 Å². The van der Waals surface area contributed by atoms with Gasteiger partial charge in [0.25, 0.3) is 0 Å². The number of allylic oxidation sites excluding steroid dienone is 1. The van der Waals surface area contributed by atoms with Crippen LogP contribution in [0, 0.1) is 11.3 Å². The molecule has 1 N–H and O–H groups in total. The first-order valence-electron chi connectivity index (χ1n) is 10.3. The smallest absolute Gasteiger partial charge is 0.221 e. The summed E-state index contributed by atoms with van der Waals surface area (Å²) in [7, 11) is 1.67. The Labute approximate surface area is 178 Å². The van der Waals surface area contributed by atoms with Crippen molar-refractivity contribution in [2.24, 2.45) is 0 Å². The van der Waals surface area contributed by atoms with E-state index in [1.807, 2.05) is 30.5 Å². The Balaban J connectivity index is 1.58. The van der Waals surface area contributed by atoms with Crippen molar-refractivity contribution in [2.45, 2.75) is 32.9 Å². The van der Waals surface area contributed by atoms with Crippen LogP contribution in [0.2, 0.25) is 0 Å². The van der Waals surface area contributed by atoms with Crippen molar-refractivity contribution < 1.29 is 4.74 Å². The van der Waals surface area contributed by atoms with E-state index in [1.54, 1.807) is 7.11 Å². The summed E-state index contributed by atoms with van der Waals surface area (Å²) >= 11 is 0. The van der Waals surface area contributed by atoms with Crippen molar-refractivity contribution in [1.29, 1.82) is 5.26 Å². The van der Waals surface area contributed by atoms with Crippen molar-refractivity contribution in [3.63, 3.8) is 0 Å². The standard InChI is InChI=1S/C24H27N5O/c1-4-13-27-16-18(2)28-17-23(30-3)26-29(28)24(27)14-19-9-11-20(12-10-19)22-8-6-5-7-21(22)15-25/h5-12,16-17,24,26H,4,13-14H2,1-3H3. The third-order valence-electron chi connectivity index (χ3n) is 5.51. The molecule has 154 valence electrons. The number of hydrogen-bond donors (Lipinski definition) is 1. The number of methoxy groups -OCH3 is 1. The Hall–Kier alpha value is -3.43. The fraction of sp³-hybridized carbons (Fsp3) is 0.292. The van der Waals surface area contributed by atoms with E-state index in [9.17, 15) is 5.26 Å². The molecule has 0 saturated heterocycles. The van der Waals surface area contributed by atoms with Crippen LogP contribution in [-0.4, -0.2) is 34.8 Å². The van der Waals surface area contributed by atoms with Gasteiger partial charge in [0.1, 0.15) is 6.17 Å². The number of nitrogens with one attached hydrogen (secondary N) is 1. The second kappa shape index (κ2) is 8.52. The van der Waals surface area contributed by atoms with Gasteiger partial charge in [-0.3, -0.25) is 10.4 Å². The third kappa shape index (κ3) is 3.72. The zero-order valence-electron chi connectivity index (χ0n) is 17.7. The molecule has 6 nitrogen and oxygen atoms in total. The average molecular weight is 402 g/mol. The molecule has 1 unspecified atom stereocenters. The molecule has 2 aromatic rings.